The van der Waals surface area contributed by atoms with Gasteiger partial charge in [0, 0.05) is 38.7 Å². The molecule has 9 heteroatoms. The molecule has 3 fully saturated rings. The number of fused-ring (bicyclic) bond motifs is 1. The summed E-state index contributed by atoms with van der Waals surface area (Å²) in [6, 6.07) is 3.50. The standard InChI is InChI=1S/C24H30F2N4O3/c1-24(25,26)18-11-15(14-3-4-14)12-19-21(18)27-22(28(19)2)23(33)29-9-10-30(20(32)13-29)16-5-7-17(31)8-6-16/h11-12,14,16-17,31H,3-10,13H2,1-2H3. The van der Waals surface area contributed by atoms with E-state index in [1.165, 1.54) is 11.0 Å². The van der Waals surface area contributed by atoms with Gasteiger partial charge in [-0.3, -0.25) is 9.59 Å². The van der Waals surface area contributed by atoms with E-state index in [0.717, 1.165) is 38.2 Å². The Balaban J connectivity index is 1.40. The molecule has 1 aromatic heterocycles. The number of halogens is 2. The zero-order chi connectivity index (χ0) is 23.5. The molecular weight excluding hydrogens is 430 g/mol. The maximum Gasteiger partial charge on any atom is 0.290 e. The minimum absolute atomic E-state index is 0.0504. The third kappa shape index (κ3) is 4.11. The molecule has 0 unspecified atom stereocenters. The zero-order valence-corrected chi connectivity index (χ0v) is 19.1. The number of nitrogens with zero attached hydrogens (tertiary/aromatic N) is 4. The number of hydrogen-bond acceptors (Lipinski definition) is 4. The first-order valence-corrected chi connectivity index (χ1v) is 11.8. The van der Waals surface area contributed by atoms with Crippen LogP contribution in [0.2, 0.25) is 0 Å². The molecule has 2 amide bonds. The van der Waals surface area contributed by atoms with Crippen molar-refractivity contribution in [2.75, 3.05) is 19.6 Å². The molecule has 1 saturated heterocycles. The van der Waals surface area contributed by atoms with Crippen molar-refractivity contribution < 1.29 is 23.5 Å². The van der Waals surface area contributed by atoms with Gasteiger partial charge in [-0.25, -0.2) is 13.8 Å². The van der Waals surface area contributed by atoms with Gasteiger partial charge >= 0.3 is 0 Å². The van der Waals surface area contributed by atoms with Crippen LogP contribution >= 0.6 is 0 Å². The summed E-state index contributed by atoms with van der Waals surface area (Å²) in [5.41, 5.74) is 1.37. The van der Waals surface area contributed by atoms with Gasteiger partial charge in [0.1, 0.15) is 6.54 Å². The molecule has 2 saturated carbocycles. The van der Waals surface area contributed by atoms with Crippen molar-refractivity contribution in [3.63, 3.8) is 0 Å². The average molecular weight is 461 g/mol. The van der Waals surface area contributed by atoms with Gasteiger partial charge in [0.05, 0.1) is 17.1 Å². The second kappa shape index (κ2) is 8.04. The molecule has 3 aliphatic rings. The summed E-state index contributed by atoms with van der Waals surface area (Å²) >= 11 is 0. The van der Waals surface area contributed by atoms with E-state index in [4.69, 9.17) is 0 Å². The Morgan fingerprint density at radius 2 is 1.82 bits per heavy atom. The summed E-state index contributed by atoms with van der Waals surface area (Å²) < 4.78 is 30.4. The molecule has 0 radical (unpaired) electrons. The van der Waals surface area contributed by atoms with Crippen molar-refractivity contribution in [3.8, 4) is 0 Å². The number of amides is 2. The molecular formula is C24H30F2N4O3. The van der Waals surface area contributed by atoms with Crippen LogP contribution in [0.4, 0.5) is 8.78 Å². The van der Waals surface area contributed by atoms with Crippen LogP contribution in [0.15, 0.2) is 12.1 Å². The second-order valence-electron chi connectivity index (χ2n) is 9.87. The molecule has 0 bridgehead atoms. The molecule has 5 rings (SSSR count). The summed E-state index contributed by atoms with van der Waals surface area (Å²) in [7, 11) is 1.67. The van der Waals surface area contributed by atoms with Gasteiger partial charge in [0.2, 0.25) is 5.91 Å². The maximum absolute atomic E-state index is 14.4. The van der Waals surface area contributed by atoms with Gasteiger partial charge in [-0.2, -0.15) is 0 Å². The fraction of sp³-hybridized carbons (Fsp3) is 0.625. The fourth-order valence-corrected chi connectivity index (χ4v) is 5.24. The number of imidazole rings is 1. The predicted octanol–water partition coefficient (Wildman–Crippen LogP) is 3.15. The van der Waals surface area contributed by atoms with Crippen molar-refractivity contribution in [1.82, 2.24) is 19.4 Å². The van der Waals surface area contributed by atoms with Crippen molar-refractivity contribution in [3.05, 3.63) is 29.1 Å². The SMILES string of the molecule is Cn1c(C(=O)N2CCN(C3CCC(O)CC3)C(=O)C2)nc2c(C(C)(F)F)cc(C3CC3)cc21. The molecule has 0 spiro atoms. The first-order valence-electron chi connectivity index (χ1n) is 11.8. The van der Waals surface area contributed by atoms with Crippen LogP contribution in [-0.4, -0.2) is 68.1 Å². The van der Waals surface area contributed by atoms with Gasteiger partial charge in [0.15, 0.2) is 5.82 Å². The van der Waals surface area contributed by atoms with Crippen LogP contribution in [0.5, 0.6) is 0 Å². The van der Waals surface area contributed by atoms with Crippen LogP contribution in [-0.2, 0) is 17.8 Å². The highest BCUT2D eigenvalue weighted by molar-refractivity contribution is 5.98. The lowest BCUT2D eigenvalue weighted by Crippen LogP contribution is -2.56. The van der Waals surface area contributed by atoms with Crippen LogP contribution in [0.1, 0.15) is 73.1 Å². The lowest BCUT2D eigenvalue weighted by atomic mass is 9.91. The van der Waals surface area contributed by atoms with Gasteiger partial charge in [-0.05, 0) is 62.1 Å². The minimum atomic E-state index is -3.08. The van der Waals surface area contributed by atoms with E-state index in [-0.39, 0.29) is 47.4 Å². The molecule has 1 aliphatic heterocycles. The normalized spacial score (nSPS) is 24.6. The summed E-state index contributed by atoms with van der Waals surface area (Å²) in [5.74, 6) is -3.25. The number of aliphatic hydroxyl groups excluding tert-OH is 1. The van der Waals surface area contributed by atoms with Gasteiger partial charge in [-0.1, -0.05) is 0 Å². The summed E-state index contributed by atoms with van der Waals surface area (Å²) in [5, 5.41) is 9.73. The monoisotopic (exact) mass is 460 g/mol. The first kappa shape index (κ1) is 22.3. The number of carbonyl (C=O) groups is 2. The molecule has 1 N–H and O–H groups in total. The Kier molecular flexibility index (Phi) is 5.42. The average Bonchev–Trinajstić information content (AvgIpc) is 3.57. The van der Waals surface area contributed by atoms with Crippen molar-refractivity contribution in [1.29, 1.82) is 0 Å². The number of hydrogen-bond donors (Lipinski definition) is 1. The Labute approximate surface area is 191 Å². The Hall–Kier alpha value is -2.55. The van der Waals surface area contributed by atoms with E-state index in [9.17, 15) is 23.5 Å². The highest BCUT2D eigenvalue weighted by Gasteiger charge is 2.37. The zero-order valence-electron chi connectivity index (χ0n) is 19.1. The highest BCUT2D eigenvalue weighted by Crippen LogP contribution is 2.44. The van der Waals surface area contributed by atoms with E-state index in [1.807, 2.05) is 11.0 Å². The van der Waals surface area contributed by atoms with E-state index < -0.39 is 11.8 Å². The van der Waals surface area contributed by atoms with Crippen molar-refractivity contribution >= 4 is 22.8 Å². The lowest BCUT2D eigenvalue weighted by molar-refractivity contribution is -0.138. The van der Waals surface area contributed by atoms with Crippen LogP contribution in [0.25, 0.3) is 11.0 Å². The first-order chi connectivity index (χ1) is 15.6. The highest BCUT2D eigenvalue weighted by atomic mass is 19.3. The Morgan fingerprint density at radius 3 is 2.42 bits per heavy atom. The third-order valence-corrected chi connectivity index (χ3v) is 7.37. The van der Waals surface area contributed by atoms with Crippen LogP contribution in [0, 0.1) is 0 Å². The smallest absolute Gasteiger partial charge is 0.290 e. The second-order valence-corrected chi connectivity index (χ2v) is 9.87. The van der Waals surface area contributed by atoms with E-state index in [0.29, 0.717) is 31.4 Å². The fourth-order valence-electron chi connectivity index (χ4n) is 5.24. The van der Waals surface area contributed by atoms with Crippen LogP contribution < -0.4 is 0 Å². The predicted molar refractivity (Wildman–Crippen MR) is 118 cm³/mol. The number of rotatable bonds is 4. The molecule has 2 aromatic rings. The Morgan fingerprint density at radius 1 is 1.12 bits per heavy atom. The van der Waals surface area contributed by atoms with Gasteiger partial charge in [0.25, 0.3) is 11.8 Å². The largest absolute Gasteiger partial charge is 0.393 e. The quantitative estimate of drug-likeness (QED) is 0.760. The van der Waals surface area contributed by atoms with Crippen LogP contribution in [0.3, 0.4) is 0 Å². The number of aromatic nitrogens is 2. The van der Waals surface area contributed by atoms with Gasteiger partial charge in [-0.15, -0.1) is 0 Å². The maximum atomic E-state index is 14.4. The molecule has 2 heterocycles. The molecule has 1 aromatic carbocycles. The van der Waals surface area contributed by atoms with E-state index in [2.05, 4.69) is 4.98 Å². The van der Waals surface area contributed by atoms with Gasteiger partial charge < -0.3 is 19.5 Å². The summed E-state index contributed by atoms with van der Waals surface area (Å²) in [4.78, 5) is 33.8. The molecule has 2 aliphatic carbocycles. The topological polar surface area (TPSA) is 78.7 Å². The lowest BCUT2D eigenvalue weighted by Gasteiger charge is -2.41. The molecule has 7 nitrogen and oxygen atoms in total. The minimum Gasteiger partial charge on any atom is -0.393 e. The number of carbonyl (C=O) groups excluding carboxylic acids is 2. The number of aliphatic hydroxyl groups is 1. The number of aryl methyl sites for hydroxylation is 1. The van der Waals surface area contributed by atoms with Crippen molar-refractivity contribution in [2.24, 2.45) is 7.05 Å². The summed E-state index contributed by atoms with van der Waals surface area (Å²) in [6.07, 6.45) is 4.57. The number of alkyl halides is 2. The van der Waals surface area contributed by atoms with E-state index in [1.54, 1.807) is 11.6 Å². The molecule has 0 atom stereocenters. The molecule has 178 valence electrons. The van der Waals surface area contributed by atoms with E-state index >= 15 is 0 Å². The third-order valence-electron chi connectivity index (χ3n) is 7.37. The molecule has 33 heavy (non-hydrogen) atoms. The Bertz CT molecular complexity index is 1100. The number of piperazine rings is 1. The number of benzene rings is 1. The summed E-state index contributed by atoms with van der Waals surface area (Å²) in [6.45, 7) is 1.61. The van der Waals surface area contributed by atoms with Crippen molar-refractivity contribution in [2.45, 2.75) is 69.4 Å².